The Morgan fingerprint density at radius 3 is 2.83 bits per heavy atom. The molecule has 0 saturated heterocycles. The van der Waals surface area contributed by atoms with Crippen molar-refractivity contribution in [3.8, 4) is 5.82 Å². The number of halogens is 1. The van der Waals surface area contributed by atoms with Crippen LogP contribution in [0, 0.1) is 0 Å². The third kappa shape index (κ3) is 3.59. The van der Waals surface area contributed by atoms with E-state index in [4.69, 9.17) is 0 Å². The van der Waals surface area contributed by atoms with E-state index in [-0.39, 0.29) is 6.61 Å². The largest absolute Gasteiger partial charge is 0.264 e. The lowest BCUT2D eigenvalue weighted by Gasteiger charge is -1.98. The molecule has 0 aliphatic heterocycles. The number of rotatable bonds is 4. The Balaban J connectivity index is 2.13. The van der Waals surface area contributed by atoms with E-state index in [1.165, 1.54) is 4.68 Å². The molecule has 0 aliphatic carbocycles. The summed E-state index contributed by atoms with van der Waals surface area (Å²) in [7, 11) is -3.48. The third-order valence-corrected chi connectivity index (χ3v) is 2.92. The van der Waals surface area contributed by atoms with Crippen molar-refractivity contribution in [2.75, 3.05) is 6.26 Å². The van der Waals surface area contributed by atoms with Crippen molar-refractivity contribution < 1.29 is 12.6 Å². The molecule has 18 heavy (non-hydrogen) atoms. The summed E-state index contributed by atoms with van der Waals surface area (Å²) in [5.74, 6) is 0.580. The van der Waals surface area contributed by atoms with Crippen LogP contribution in [0.3, 0.4) is 0 Å². The van der Waals surface area contributed by atoms with Gasteiger partial charge in [0.25, 0.3) is 10.1 Å². The minimum Gasteiger partial charge on any atom is -0.264 e. The maximum Gasteiger partial charge on any atom is 0.264 e. The van der Waals surface area contributed by atoms with Crippen LogP contribution in [-0.2, 0) is 20.9 Å². The molecule has 0 amide bonds. The topological polar surface area (TPSA) is 87.0 Å². The van der Waals surface area contributed by atoms with Gasteiger partial charge in [-0.25, -0.2) is 9.67 Å². The maximum absolute atomic E-state index is 10.8. The van der Waals surface area contributed by atoms with Crippen molar-refractivity contribution in [1.82, 2.24) is 20.0 Å². The number of aromatic nitrogens is 4. The van der Waals surface area contributed by atoms with Crippen LogP contribution in [0.15, 0.2) is 29.0 Å². The van der Waals surface area contributed by atoms with Gasteiger partial charge in [0.05, 0.1) is 12.5 Å². The second kappa shape index (κ2) is 5.12. The van der Waals surface area contributed by atoms with Gasteiger partial charge >= 0.3 is 0 Å². The van der Waals surface area contributed by atoms with Gasteiger partial charge < -0.3 is 0 Å². The fourth-order valence-electron chi connectivity index (χ4n) is 1.15. The summed E-state index contributed by atoms with van der Waals surface area (Å²) in [4.78, 5) is 4.13. The lowest BCUT2D eigenvalue weighted by atomic mass is 10.4. The molecule has 0 aliphatic rings. The molecule has 0 spiro atoms. The first kappa shape index (κ1) is 13.1. The lowest BCUT2D eigenvalue weighted by molar-refractivity contribution is 0.307. The summed E-state index contributed by atoms with van der Waals surface area (Å²) in [6.45, 7) is -0.143. The number of nitrogens with zero attached hydrogens (tertiary/aromatic N) is 4. The Bertz CT molecular complexity index is 638. The molecule has 0 N–H and O–H groups in total. The Morgan fingerprint density at radius 1 is 1.44 bits per heavy atom. The third-order valence-electron chi connectivity index (χ3n) is 1.91. The van der Waals surface area contributed by atoms with E-state index in [1.807, 2.05) is 6.07 Å². The Morgan fingerprint density at radius 2 is 2.22 bits per heavy atom. The summed E-state index contributed by atoms with van der Waals surface area (Å²) < 4.78 is 28.6. The summed E-state index contributed by atoms with van der Waals surface area (Å²) in [5.41, 5.74) is 0.408. The van der Waals surface area contributed by atoms with Gasteiger partial charge in [0.1, 0.15) is 12.3 Å². The van der Waals surface area contributed by atoms with E-state index in [0.29, 0.717) is 11.5 Å². The van der Waals surface area contributed by atoms with Crippen molar-refractivity contribution >= 4 is 26.0 Å². The zero-order chi connectivity index (χ0) is 13.2. The lowest BCUT2D eigenvalue weighted by Crippen LogP contribution is -2.02. The fraction of sp³-hybridized carbons (Fsp3) is 0.222. The standard InChI is InChI=1S/C9H9BrN4O3S/c1-18(15,16)17-6-8-5-14(13-12-8)9-3-2-7(10)4-11-9/h2-5H,6H2,1H3. The van der Waals surface area contributed by atoms with E-state index >= 15 is 0 Å². The summed E-state index contributed by atoms with van der Waals surface area (Å²) >= 11 is 3.28. The van der Waals surface area contributed by atoms with Crippen LogP contribution in [0.5, 0.6) is 0 Å². The first-order valence-corrected chi connectivity index (χ1v) is 7.42. The average molecular weight is 333 g/mol. The molecule has 0 aromatic carbocycles. The van der Waals surface area contributed by atoms with Gasteiger partial charge in [0.15, 0.2) is 5.82 Å². The zero-order valence-electron chi connectivity index (χ0n) is 9.32. The average Bonchev–Trinajstić information content (AvgIpc) is 2.75. The Labute approximate surface area is 112 Å². The minimum absolute atomic E-state index is 0.143. The molecule has 2 rings (SSSR count). The van der Waals surface area contributed by atoms with E-state index in [9.17, 15) is 8.42 Å². The smallest absolute Gasteiger partial charge is 0.264 e. The number of pyridine rings is 1. The van der Waals surface area contributed by atoms with Crippen LogP contribution in [0.2, 0.25) is 0 Å². The van der Waals surface area contributed by atoms with Gasteiger partial charge in [0, 0.05) is 10.7 Å². The van der Waals surface area contributed by atoms with Crippen molar-refractivity contribution in [3.05, 3.63) is 34.7 Å². The molecule has 7 nitrogen and oxygen atoms in total. The maximum atomic E-state index is 10.8. The molecule has 0 bridgehead atoms. The molecule has 2 aromatic heterocycles. The van der Waals surface area contributed by atoms with Gasteiger partial charge in [-0.2, -0.15) is 8.42 Å². The highest BCUT2D eigenvalue weighted by atomic mass is 79.9. The fourth-order valence-corrected chi connectivity index (χ4v) is 1.72. The van der Waals surface area contributed by atoms with Crippen molar-refractivity contribution in [3.63, 3.8) is 0 Å². The monoisotopic (exact) mass is 332 g/mol. The molecule has 2 heterocycles. The normalized spacial score (nSPS) is 11.7. The molecule has 0 atom stereocenters. The van der Waals surface area contributed by atoms with E-state index < -0.39 is 10.1 Å². The van der Waals surface area contributed by atoms with Crippen molar-refractivity contribution in [2.45, 2.75) is 6.61 Å². The quantitative estimate of drug-likeness (QED) is 0.773. The van der Waals surface area contributed by atoms with Crippen LogP contribution in [0.4, 0.5) is 0 Å². The van der Waals surface area contributed by atoms with Crippen LogP contribution >= 0.6 is 15.9 Å². The van der Waals surface area contributed by atoms with Crippen molar-refractivity contribution in [1.29, 1.82) is 0 Å². The molecule has 0 saturated carbocycles. The number of hydrogen-bond donors (Lipinski definition) is 0. The molecule has 0 fully saturated rings. The van der Waals surface area contributed by atoms with Crippen LogP contribution in [-0.4, -0.2) is 34.7 Å². The van der Waals surface area contributed by atoms with Crippen LogP contribution < -0.4 is 0 Å². The van der Waals surface area contributed by atoms with Crippen LogP contribution in [0.1, 0.15) is 5.69 Å². The highest BCUT2D eigenvalue weighted by Gasteiger charge is 2.07. The Hall–Kier alpha value is -1.32. The highest BCUT2D eigenvalue weighted by molar-refractivity contribution is 9.10. The summed E-state index contributed by atoms with van der Waals surface area (Å²) in [6.07, 6.45) is 4.17. The van der Waals surface area contributed by atoms with Gasteiger partial charge in [-0.15, -0.1) is 5.10 Å². The van der Waals surface area contributed by atoms with Crippen LogP contribution in [0.25, 0.3) is 5.82 Å². The second-order valence-electron chi connectivity index (χ2n) is 3.46. The van der Waals surface area contributed by atoms with Crippen molar-refractivity contribution in [2.24, 2.45) is 0 Å². The minimum atomic E-state index is -3.48. The zero-order valence-corrected chi connectivity index (χ0v) is 11.7. The van der Waals surface area contributed by atoms with Gasteiger partial charge in [-0.1, -0.05) is 5.21 Å². The van der Waals surface area contributed by atoms with Gasteiger partial charge in [0.2, 0.25) is 0 Å². The van der Waals surface area contributed by atoms with Gasteiger partial charge in [-0.05, 0) is 28.1 Å². The summed E-state index contributed by atoms with van der Waals surface area (Å²) in [6, 6.07) is 3.57. The molecule has 96 valence electrons. The van der Waals surface area contributed by atoms with E-state index in [1.54, 1.807) is 18.5 Å². The SMILES string of the molecule is CS(=O)(=O)OCc1cn(-c2ccc(Br)cn2)nn1. The molecule has 0 unspecified atom stereocenters. The van der Waals surface area contributed by atoms with Gasteiger partial charge in [-0.3, -0.25) is 4.18 Å². The number of hydrogen-bond acceptors (Lipinski definition) is 6. The second-order valence-corrected chi connectivity index (χ2v) is 6.02. The first-order valence-electron chi connectivity index (χ1n) is 4.81. The molecule has 2 aromatic rings. The highest BCUT2D eigenvalue weighted by Crippen LogP contribution is 2.10. The molecule has 0 radical (unpaired) electrons. The van der Waals surface area contributed by atoms with E-state index in [2.05, 4.69) is 35.4 Å². The predicted octanol–water partition coefficient (Wildman–Crippen LogP) is 0.901. The molecular weight excluding hydrogens is 324 g/mol. The van der Waals surface area contributed by atoms with E-state index in [0.717, 1.165) is 10.7 Å². The molecular formula is C9H9BrN4O3S. The molecule has 9 heteroatoms. The summed E-state index contributed by atoms with van der Waals surface area (Å²) in [5, 5.41) is 7.62. The predicted molar refractivity (Wildman–Crippen MR) is 66.5 cm³/mol. The Kier molecular flexibility index (Phi) is 3.73. The first-order chi connectivity index (χ1) is 8.44.